The van der Waals surface area contributed by atoms with Gasteiger partial charge in [0.2, 0.25) is 0 Å². The standard InChI is InChI=1S/C15H20BrN3O/c1-4-17-13(14-7-8-18-19(14)2)10-11-5-6-15(20-3)12(16)9-11/h5-9,13,17H,4,10H2,1-3H3. The quantitative estimate of drug-likeness (QED) is 0.880. The van der Waals surface area contributed by atoms with Gasteiger partial charge in [-0.2, -0.15) is 5.10 Å². The maximum Gasteiger partial charge on any atom is 0.133 e. The summed E-state index contributed by atoms with van der Waals surface area (Å²) >= 11 is 3.54. The molecular weight excluding hydrogens is 318 g/mol. The van der Waals surface area contributed by atoms with E-state index in [4.69, 9.17) is 4.74 Å². The van der Waals surface area contributed by atoms with Crippen LogP contribution >= 0.6 is 15.9 Å². The van der Waals surface area contributed by atoms with Gasteiger partial charge in [-0.1, -0.05) is 13.0 Å². The first-order valence-electron chi connectivity index (χ1n) is 6.69. The molecule has 1 atom stereocenters. The Kier molecular flexibility index (Phi) is 5.20. The van der Waals surface area contributed by atoms with E-state index in [2.05, 4.69) is 51.5 Å². The Labute approximate surface area is 128 Å². The van der Waals surface area contributed by atoms with Gasteiger partial charge in [0.15, 0.2) is 0 Å². The number of likely N-dealkylation sites (N-methyl/N-ethyl adjacent to an activating group) is 1. The number of halogens is 1. The van der Waals surface area contributed by atoms with E-state index >= 15 is 0 Å². The molecule has 2 rings (SSSR count). The van der Waals surface area contributed by atoms with E-state index in [1.54, 1.807) is 7.11 Å². The van der Waals surface area contributed by atoms with Crippen molar-refractivity contribution in [3.05, 3.63) is 46.2 Å². The SMILES string of the molecule is CCNC(Cc1ccc(OC)c(Br)c1)c1ccnn1C. The second-order valence-electron chi connectivity index (χ2n) is 4.66. The molecule has 1 unspecified atom stereocenters. The summed E-state index contributed by atoms with van der Waals surface area (Å²) in [6, 6.07) is 8.52. The number of benzene rings is 1. The van der Waals surface area contributed by atoms with Crippen LogP contribution in [0.5, 0.6) is 5.75 Å². The van der Waals surface area contributed by atoms with Crippen LogP contribution in [0.2, 0.25) is 0 Å². The van der Waals surface area contributed by atoms with E-state index in [0.29, 0.717) is 0 Å². The zero-order valence-corrected chi connectivity index (χ0v) is 13.6. The van der Waals surface area contributed by atoms with Crippen LogP contribution in [-0.4, -0.2) is 23.4 Å². The molecule has 108 valence electrons. The minimum atomic E-state index is 0.257. The lowest BCUT2D eigenvalue weighted by Crippen LogP contribution is -2.25. The fourth-order valence-electron chi connectivity index (χ4n) is 2.33. The summed E-state index contributed by atoms with van der Waals surface area (Å²) in [5.41, 5.74) is 2.45. The van der Waals surface area contributed by atoms with E-state index < -0.39 is 0 Å². The molecule has 2 aromatic rings. The van der Waals surface area contributed by atoms with E-state index in [0.717, 1.165) is 23.2 Å². The Morgan fingerprint density at radius 3 is 2.75 bits per heavy atom. The molecule has 1 N–H and O–H groups in total. The number of hydrogen-bond acceptors (Lipinski definition) is 3. The van der Waals surface area contributed by atoms with Crippen LogP contribution in [-0.2, 0) is 13.5 Å². The first-order valence-corrected chi connectivity index (χ1v) is 7.48. The molecule has 0 saturated carbocycles. The van der Waals surface area contributed by atoms with Gasteiger partial charge in [-0.3, -0.25) is 4.68 Å². The molecule has 0 aliphatic heterocycles. The van der Waals surface area contributed by atoms with Crippen molar-refractivity contribution >= 4 is 15.9 Å². The van der Waals surface area contributed by atoms with Crippen LogP contribution in [0.25, 0.3) is 0 Å². The molecule has 0 aliphatic carbocycles. The number of nitrogens with one attached hydrogen (secondary N) is 1. The fourth-order valence-corrected chi connectivity index (χ4v) is 2.91. The number of aromatic nitrogens is 2. The van der Waals surface area contributed by atoms with Crippen molar-refractivity contribution < 1.29 is 4.74 Å². The van der Waals surface area contributed by atoms with Crippen molar-refractivity contribution in [2.75, 3.05) is 13.7 Å². The number of aryl methyl sites for hydroxylation is 1. The molecular formula is C15H20BrN3O. The summed E-state index contributed by atoms with van der Waals surface area (Å²) in [5.74, 6) is 0.856. The van der Waals surface area contributed by atoms with Crippen LogP contribution < -0.4 is 10.1 Å². The highest BCUT2D eigenvalue weighted by molar-refractivity contribution is 9.10. The third kappa shape index (κ3) is 3.41. The van der Waals surface area contributed by atoms with E-state index in [1.807, 2.05) is 24.0 Å². The smallest absolute Gasteiger partial charge is 0.133 e. The summed E-state index contributed by atoms with van der Waals surface area (Å²) < 4.78 is 8.17. The minimum absolute atomic E-state index is 0.257. The van der Waals surface area contributed by atoms with Crippen LogP contribution in [0.15, 0.2) is 34.9 Å². The third-order valence-corrected chi connectivity index (χ3v) is 3.94. The summed E-state index contributed by atoms with van der Waals surface area (Å²) in [4.78, 5) is 0. The van der Waals surface area contributed by atoms with Crippen LogP contribution in [0.3, 0.4) is 0 Å². The largest absolute Gasteiger partial charge is 0.496 e. The molecule has 5 heteroatoms. The van der Waals surface area contributed by atoms with E-state index in [9.17, 15) is 0 Å². The Morgan fingerprint density at radius 1 is 1.40 bits per heavy atom. The molecule has 1 aromatic carbocycles. The fraction of sp³-hybridized carbons (Fsp3) is 0.400. The highest BCUT2D eigenvalue weighted by Crippen LogP contribution is 2.27. The second-order valence-corrected chi connectivity index (χ2v) is 5.52. The lowest BCUT2D eigenvalue weighted by molar-refractivity contribution is 0.411. The first-order chi connectivity index (χ1) is 9.65. The summed E-state index contributed by atoms with van der Waals surface area (Å²) in [6.45, 7) is 3.04. The zero-order chi connectivity index (χ0) is 14.5. The van der Waals surface area contributed by atoms with Gasteiger partial charge in [0.05, 0.1) is 23.3 Å². The van der Waals surface area contributed by atoms with Crippen molar-refractivity contribution in [2.45, 2.75) is 19.4 Å². The maximum atomic E-state index is 5.27. The lowest BCUT2D eigenvalue weighted by atomic mass is 10.0. The molecule has 0 spiro atoms. The van der Waals surface area contributed by atoms with Crippen molar-refractivity contribution in [1.29, 1.82) is 0 Å². The Bertz CT molecular complexity index is 568. The van der Waals surface area contributed by atoms with Crippen molar-refractivity contribution in [2.24, 2.45) is 7.05 Å². The molecule has 0 amide bonds. The normalized spacial score (nSPS) is 12.4. The van der Waals surface area contributed by atoms with Gasteiger partial charge in [0, 0.05) is 13.2 Å². The van der Waals surface area contributed by atoms with Gasteiger partial charge in [-0.25, -0.2) is 0 Å². The summed E-state index contributed by atoms with van der Waals surface area (Å²) in [7, 11) is 3.65. The molecule has 0 bridgehead atoms. The Morgan fingerprint density at radius 2 is 2.20 bits per heavy atom. The predicted molar refractivity (Wildman–Crippen MR) is 84.0 cm³/mol. The van der Waals surface area contributed by atoms with Crippen molar-refractivity contribution in [1.82, 2.24) is 15.1 Å². The van der Waals surface area contributed by atoms with Gasteiger partial charge in [0.1, 0.15) is 5.75 Å². The third-order valence-electron chi connectivity index (χ3n) is 3.32. The van der Waals surface area contributed by atoms with Crippen LogP contribution in [0.4, 0.5) is 0 Å². The van der Waals surface area contributed by atoms with Gasteiger partial charge < -0.3 is 10.1 Å². The zero-order valence-electron chi connectivity index (χ0n) is 12.1. The van der Waals surface area contributed by atoms with Crippen molar-refractivity contribution in [3.8, 4) is 5.75 Å². The molecule has 20 heavy (non-hydrogen) atoms. The Hall–Kier alpha value is -1.33. The monoisotopic (exact) mass is 337 g/mol. The highest BCUT2D eigenvalue weighted by atomic mass is 79.9. The summed E-state index contributed by atoms with van der Waals surface area (Å²) in [6.07, 6.45) is 2.75. The van der Waals surface area contributed by atoms with Crippen LogP contribution in [0.1, 0.15) is 24.2 Å². The summed E-state index contributed by atoms with van der Waals surface area (Å²) in [5, 5.41) is 7.77. The maximum absolute atomic E-state index is 5.27. The van der Waals surface area contributed by atoms with E-state index in [-0.39, 0.29) is 6.04 Å². The molecule has 0 fully saturated rings. The van der Waals surface area contributed by atoms with Crippen molar-refractivity contribution in [3.63, 3.8) is 0 Å². The average molecular weight is 338 g/mol. The van der Waals surface area contributed by atoms with Gasteiger partial charge in [-0.05, 0) is 52.7 Å². The van der Waals surface area contributed by atoms with Gasteiger partial charge in [-0.15, -0.1) is 0 Å². The molecule has 0 aliphatic rings. The number of nitrogens with zero attached hydrogens (tertiary/aromatic N) is 2. The number of hydrogen-bond donors (Lipinski definition) is 1. The van der Waals surface area contributed by atoms with Gasteiger partial charge >= 0.3 is 0 Å². The molecule has 0 saturated heterocycles. The predicted octanol–water partition coefficient (Wildman–Crippen LogP) is 3.08. The lowest BCUT2D eigenvalue weighted by Gasteiger charge is -2.18. The first kappa shape index (κ1) is 15.1. The number of methoxy groups -OCH3 is 1. The number of ether oxygens (including phenoxy) is 1. The van der Waals surface area contributed by atoms with E-state index in [1.165, 1.54) is 11.3 Å². The highest BCUT2D eigenvalue weighted by Gasteiger charge is 2.15. The molecule has 4 nitrogen and oxygen atoms in total. The Balaban J connectivity index is 2.20. The number of rotatable bonds is 6. The van der Waals surface area contributed by atoms with Crippen LogP contribution in [0, 0.1) is 0 Å². The minimum Gasteiger partial charge on any atom is -0.496 e. The molecule has 1 aromatic heterocycles. The van der Waals surface area contributed by atoms with Gasteiger partial charge in [0.25, 0.3) is 0 Å². The second kappa shape index (κ2) is 6.90. The molecule has 1 heterocycles. The average Bonchev–Trinajstić information content (AvgIpc) is 2.85. The topological polar surface area (TPSA) is 39.1 Å². The molecule has 0 radical (unpaired) electrons.